The fraction of sp³-hybridized carbons (Fsp3) is 0.450. The smallest absolute Gasteiger partial charge is 0.343 e. The maximum absolute atomic E-state index is 12.3. The minimum atomic E-state index is -0.378. The van der Waals surface area contributed by atoms with Gasteiger partial charge in [-0.1, -0.05) is 26.0 Å². The second kappa shape index (κ2) is 6.59. The Morgan fingerprint density at radius 1 is 1.23 bits per heavy atom. The lowest BCUT2D eigenvalue weighted by molar-refractivity contribution is 0.0528. The number of carbonyl (C=O) groups is 1. The first-order chi connectivity index (χ1) is 12.6. The normalized spacial score (nSPS) is 20.7. The van der Waals surface area contributed by atoms with Crippen LogP contribution in [0.1, 0.15) is 37.6 Å². The van der Waals surface area contributed by atoms with Crippen molar-refractivity contribution in [2.24, 2.45) is 11.8 Å². The molecule has 0 saturated carbocycles. The molecule has 2 atom stereocenters. The SMILES string of the molecule is CCOC(=O)c1cnn2c1nc(N1C[C@H](C)C[C@H](C)C1)c1ccccc12. The lowest BCUT2D eigenvalue weighted by Crippen LogP contribution is -2.39. The minimum Gasteiger partial charge on any atom is -0.462 e. The summed E-state index contributed by atoms with van der Waals surface area (Å²) < 4.78 is 6.92. The number of piperidine rings is 1. The van der Waals surface area contributed by atoms with Gasteiger partial charge in [-0.2, -0.15) is 5.10 Å². The maximum atomic E-state index is 12.3. The molecule has 0 bridgehead atoms. The van der Waals surface area contributed by atoms with Gasteiger partial charge < -0.3 is 9.64 Å². The number of hydrogen-bond acceptors (Lipinski definition) is 5. The van der Waals surface area contributed by atoms with Crippen molar-refractivity contribution in [2.75, 3.05) is 24.6 Å². The lowest BCUT2D eigenvalue weighted by atomic mass is 9.92. The van der Waals surface area contributed by atoms with E-state index < -0.39 is 0 Å². The Hall–Kier alpha value is -2.63. The number of anilines is 1. The summed E-state index contributed by atoms with van der Waals surface area (Å²) in [4.78, 5) is 19.6. The highest BCUT2D eigenvalue weighted by molar-refractivity contribution is 5.99. The molecular formula is C20H24N4O2. The third-order valence-electron chi connectivity index (χ3n) is 4.99. The average Bonchev–Trinajstić information content (AvgIpc) is 3.04. The van der Waals surface area contributed by atoms with Crippen LogP contribution in [0.2, 0.25) is 0 Å². The first-order valence-corrected chi connectivity index (χ1v) is 9.27. The third-order valence-corrected chi connectivity index (χ3v) is 4.99. The van der Waals surface area contributed by atoms with Gasteiger partial charge in [0.05, 0.1) is 18.3 Å². The van der Waals surface area contributed by atoms with E-state index in [2.05, 4.69) is 29.9 Å². The quantitative estimate of drug-likeness (QED) is 0.675. The topological polar surface area (TPSA) is 59.7 Å². The Labute approximate surface area is 152 Å². The molecule has 1 fully saturated rings. The second-order valence-corrected chi connectivity index (χ2v) is 7.32. The number of carbonyl (C=O) groups excluding carboxylic acids is 1. The molecule has 0 unspecified atom stereocenters. The highest BCUT2D eigenvalue weighted by Gasteiger charge is 2.26. The third kappa shape index (κ3) is 2.79. The summed E-state index contributed by atoms with van der Waals surface area (Å²) in [7, 11) is 0. The molecule has 6 nitrogen and oxygen atoms in total. The van der Waals surface area contributed by atoms with E-state index in [4.69, 9.17) is 9.72 Å². The van der Waals surface area contributed by atoms with Gasteiger partial charge in [0.25, 0.3) is 0 Å². The van der Waals surface area contributed by atoms with Crippen LogP contribution in [0.25, 0.3) is 16.6 Å². The van der Waals surface area contributed by atoms with Crippen molar-refractivity contribution in [1.29, 1.82) is 0 Å². The predicted octanol–water partition coefficient (Wildman–Crippen LogP) is 3.54. The van der Waals surface area contributed by atoms with Crippen LogP contribution in [0.3, 0.4) is 0 Å². The van der Waals surface area contributed by atoms with Crippen molar-refractivity contribution in [3.05, 3.63) is 36.0 Å². The fourth-order valence-corrected chi connectivity index (χ4v) is 4.06. The summed E-state index contributed by atoms with van der Waals surface area (Å²) in [6, 6.07) is 8.10. The number of rotatable bonds is 3. The van der Waals surface area contributed by atoms with Gasteiger partial charge in [0.15, 0.2) is 5.65 Å². The Kier molecular flexibility index (Phi) is 4.26. The Bertz CT molecular complexity index is 955. The van der Waals surface area contributed by atoms with Crippen LogP contribution in [0.15, 0.2) is 30.5 Å². The Morgan fingerprint density at radius 2 is 1.96 bits per heavy atom. The number of nitrogens with zero attached hydrogens (tertiary/aromatic N) is 4. The molecule has 1 saturated heterocycles. The van der Waals surface area contributed by atoms with Gasteiger partial charge in [0, 0.05) is 18.5 Å². The highest BCUT2D eigenvalue weighted by atomic mass is 16.5. The summed E-state index contributed by atoms with van der Waals surface area (Å²) in [5.41, 5.74) is 1.92. The Morgan fingerprint density at radius 3 is 2.69 bits per heavy atom. The van der Waals surface area contributed by atoms with E-state index in [1.807, 2.05) is 18.2 Å². The van der Waals surface area contributed by atoms with Gasteiger partial charge in [0.2, 0.25) is 0 Å². The summed E-state index contributed by atoms with van der Waals surface area (Å²) in [6.45, 7) is 8.64. The van der Waals surface area contributed by atoms with Gasteiger partial charge in [-0.05, 0) is 37.3 Å². The average molecular weight is 352 g/mol. The molecule has 26 heavy (non-hydrogen) atoms. The van der Waals surface area contributed by atoms with Crippen LogP contribution in [-0.4, -0.2) is 40.3 Å². The van der Waals surface area contributed by atoms with Gasteiger partial charge in [-0.25, -0.2) is 14.3 Å². The molecule has 4 rings (SSSR count). The van der Waals surface area contributed by atoms with Crippen LogP contribution in [-0.2, 0) is 4.74 Å². The van der Waals surface area contributed by atoms with E-state index in [1.54, 1.807) is 17.6 Å². The summed E-state index contributed by atoms with van der Waals surface area (Å²) >= 11 is 0. The van der Waals surface area contributed by atoms with Crippen molar-refractivity contribution in [3.8, 4) is 0 Å². The second-order valence-electron chi connectivity index (χ2n) is 7.32. The molecule has 6 heteroatoms. The zero-order valence-electron chi connectivity index (χ0n) is 15.5. The first kappa shape index (κ1) is 16.8. The minimum absolute atomic E-state index is 0.331. The van der Waals surface area contributed by atoms with Crippen molar-refractivity contribution in [1.82, 2.24) is 14.6 Å². The van der Waals surface area contributed by atoms with Gasteiger partial charge >= 0.3 is 5.97 Å². The number of para-hydroxylation sites is 1. The number of esters is 1. The number of fused-ring (bicyclic) bond motifs is 3. The molecule has 136 valence electrons. The zero-order valence-corrected chi connectivity index (χ0v) is 15.5. The molecule has 0 aliphatic carbocycles. The highest BCUT2D eigenvalue weighted by Crippen LogP contribution is 2.31. The summed E-state index contributed by atoms with van der Waals surface area (Å²) in [5, 5.41) is 5.46. The molecule has 2 aromatic heterocycles. The largest absolute Gasteiger partial charge is 0.462 e. The van der Waals surface area contributed by atoms with Crippen molar-refractivity contribution in [3.63, 3.8) is 0 Å². The van der Waals surface area contributed by atoms with Crippen molar-refractivity contribution in [2.45, 2.75) is 27.2 Å². The number of benzene rings is 1. The van der Waals surface area contributed by atoms with Crippen LogP contribution in [0, 0.1) is 11.8 Å². The lowest BCUT2D eigenvalue weighted by Gasteiger charge is -2.36. The van der Waals surface area contributed by atoms with Gasteiger partial charge in [0.1, 0.15) is 11.4 Å². The first-order valence-electron chi connectivity index (χ1n) is 9.27. The van der Waals surface area contributed by atoms with E-state index in [9.17, 15) is 4.79 Å². The van der Waals surface area contributed by atoms with Crippen LogP contribution < -0.4 is 4.90 Å². The molecule has 3 heterocycles. The molecule has 1 aliphatic rings. The van der Waals surface area contributed by atoms with Crippen LogP contribution in [0.4, 0.5) is 5.82 Å². The van der Waals surface area contributed by atoms with Crippen molar-refractivity contribution < 1.29 is 9.53 Å². The zero-order chi connectivity index (χ0) is 18.3. The van der Waals surface area contributed by atoms with E-state index in [0.29, 0.717) is 29.7 Å². The Balaban J connectivity index is 1.92. The number of hydrogen-bond donors (Lipinski definition) is 0. The number of ether oxygens (including phenoxy) is 1. The van der Waals surface area contributed by atoms with E-state index in [0.717, 1.165) is 29.8 Å². The van der Waals surface area contributed by atoms with Gasteiger partial charge in [-0.15, -0.1) is 0 Å². The van der Waals surface area contributed by atoms with E-state index in [1.165, 1.54) is 6.42 Å². The summed E-state index contributed by atoms with van der Waals surface area (Å²) in [6.07, 6.45) is 2.79. The molecule has 0 amide bonds. The predicted molar refractivity (Wildman–Crippen MR) is 102 cm³/mol. The van der Waals surface area contributed by atoms with E-state index in [-0.39, 0.29) is 5.97 Å². The molecular weight excluding hydrogens is 328 g/mol. The summed E-state index contributed by atoms with van der Waals surface area (Å²) in [5.74, 6) is 1.78. The monoisotopic (exact) mass is 352 g/mol. The maximum Gasteiger partial charge on any atom is 0.343 e. The van der Waals surface area contributed by atoms with Crippen LogP contribution >= 0.6 is 0 Å². The van der Waals surface area contributed by atoms with Gasteiger partial charge in [-0.3, -0.25) is 0 Å². The number of aromatic nitrogens is 3. The molecule has 0 spiro atoms. The van der Waals surface area contributed by atoms with Crippen LogP contribution in [0.5, 0.6) is 0 Å². The molecule has 1 aromatic carbocycles. The molecule has 0 radical (unpaired) electrons. The van der Waals surface area contributed by atoms with Crippen molar-refractivity contribution >= 4 is 28.3 Å². The molecule has 1 aliphatic heterocycles. The standard InChI is InChI=1S/C20H24N4O2/c1-4-26-20(25)16-10-21-24-17-8-6-5-7-15(17)18(22-19(16)24)23-11-13(2)9-14(3)12-23/h5-8,10,13-14H,4,9,11-12H2,1-3H3/t13-,14+. The fourth-order valence-electron chi connectivity index (χ4n) is 4.06. The molecule has 3 aromatic rings. The molecule has 0 N–H and O–H groups in total. The van der Waals surface area contributed by atoms with E-state index >= 15 is 0 Å².